The van der Waals surface area contributed by atoms with Gasteiger partial charge in [0.25, 0.3) is 0 Å². The quantitative estimate of drug-likeness (QED) is 0.677. The fourth-order valence-electron chi connectivity index (χ4n) is 5.32. The van der Waals surface area contributed by atoms with Crippen LogP contribution >= 0.6 is 0 Å². The number of carboxylic acid groups (broad SMARTS) is 1. The first-order valence-corrected chi connectivity index (χ1v) is 11.5. The summed E-state index contributed by atoms with van der Waals surface area (Å²) in [6.07, 6.45) is 6.30. The van der Waals surface area contributed by atoms with E-state index in [1.165, 1.54) is 0 Å². The third-order valence-corrected chi connectivity index (χ3v) is 7.65. The molecule has 1 saturated heterocycles. The van der Waals surface area contributed by atoms with E-state index in [4.69, 9.17) is 4.98 Å². The third-order valence-electron chi connectivity index (χ3n) is 7.65. The van der Waals surface area contributed by atoms with E-state index in [0.29, 0.717) is 25.8 Å². The van der Waals surface area contributed by atoms with Crippen LogP contribution in [0.1, 0.15) is 89.8 Å². The summed E-state index contributed by atoms with van der Waals surface area (Å²) in [5.74, 6) is 0.965. The highest BCUT2D eigenvalue weighted by atomic mass is 16.4. The standard InChI is InChI=1S/C22H35N5O3/c1-4-13-26-17-15(16-23-12-6-7-14-27(16)20(26)30)24-18(25-17)21(3)8-10-22(5-2,11-9-21)19(28)29/h16,23H,4-14H2,1-3H3,(H,24,25)(H,28,29). The molecule has 0 spiro atoms. The Hall–Kier alpha value is -2.09. The minimum Gasteiger partial charge on any atom is -0.481 e. The molecule has 166 valence electrons. The topological polar surface area (TPSA) is 102 Å². The lowest BCUT2D eigenvalue weighted by atomic mass is 9.63. The van der Waals surface area contributed by atoms with Crippen molar-refractivity contribution in [2.75, 3.05) is 24.5 Å². The number of rotatable bonds is 5. The first kappa shape index (κ1) is 21.2. The number of urea groups is 1. The molecule has 2 fully saturated rings. The van der Waals surface area contributed by atoms with Crippen molar-refractivity contribution in [1.82, 2.24) is 20.2 Å². The minimum atomic E-state index is -0.677. The number of hydrogen-bond donors (Lipinski definition) is 3. The van der Waals surface area contributed by atoms with Crippen molar-refractivity contribution in [2.45, 2.75) is 83.7 Å². The van der Waals surface area contributed by atoms with Gasteiger partial charge in [0, 0.05) is 18.5 Å². The molecule has 2 amide bonds. The molecule has 1 aromatic heterocycles. The number of H-pyrrole nitrogens is 1. The van der Waals surface area contributed by atoms with E-state index in [1.807, 2.05) is 16.7 Å². The van der Waals surface area contributed by atoms with E-state index in [9.17, 15) is 14.7 Å². The Kier molecular flexibility index (Phi) is 5.55. The second kappa shape index (κ2) is 7.87. The molecule has 1 aromatic rings. The van der Waals surface area contributed by atoms with Crippen LogP contribution in [0, 0.1) is 5.41 Å². The fraction of sp³-hybridized carbons (Fsp3) is 0.773. The zero-order chi connectivity index (χ0) is 21.5. The lowest BCUT2D eigenvalue weighted by Gasteiger charge is -2.41. The second-order valence-electron chi connectivity index (χ2n) is 9.51. The number of imidazole rings is 1. The summed E-state index contributed by atoms with van der Waals surface area (Å²) in [6, 6.07) is 0.0338. The summed E-state index contributed by atoms with van der Waals surface area (Å²) in [5.41, 5.74) is 0.157. The third kappa shape index (κ3) is 3.29. The normalized spacial score (nSPS) is 31.8. The van der Waals surface area contributed by atoms with Crippen molar-refractivity contribution < 1.29 is 14.7 Å². The molecule has 3 aliphatic rings. The smallest absolute Gasteiger partial charge is 0.327 e. The van der Waals surface area contributed by atoms with Gasteiger partial charge in [-0.15, -0.1) is 0 Å². The summed E-state index contributed by atoms with van der Waals surface area (Å²) in [4.78, 5) is 37.4. The number of carbonyl (C=O) groups is 2. The van der Waals surface area contributed by atoms with Gasteiger partial charge in [-0.3, -0.25) is 15.0 Å². The van der Waals surface area contributed by atoms with Gasteiger partial charge in [-0.05, 0) is 57.9 Å². The Bertz CT molecular complexity index is 812. The van der Waals surface area contributed by atoms with Crippen molar-refractivity contribution in [2.24, 2.45) is 5.41 Å². The molecule has 3 heterocycles. The highest BCUT2D eigenvalue weighted by Crippen LogP contribution is 2.49. The van der Waals surface area contributed by atoms with Crippen molar-refractivity contribution in [3.05, 3.63) is 11.5 Å². The van der Waals surface area contributed by atoms with Crippen molar-refractivity contribution in [3.63, 3.8) is 0 Å². The van der Waals surface area contributed by atoms with Gasteiger partial charge in [0.15, 0.2) is 5.82 Å². The number of nitrogens with one attached hydrogen (secondary N) is 2. The summed E-state index contributed by atoms with van der Waals surface area (Å²) in [6.45, 7) is 8.51. The number of anilines is 1. The Morgan fingerprint density at radius 2 is 1.97 bits per heavy atom. The van der Waals surface area contributed by atoms with E-state index < -0.39 is 11.4 Å². The highest BCUT2D eigenvalue weighted by Gasteiger charge is 2.48. The maximum Gasteiger partial charge on any atom is 0.327 e. The molecule has 0 radical (unpaired) electrons. The highest BCUT2D eigenvalue weighted by molar-refractivity contribution is 5.94. The summed E-state index contributed by atoms with van der Waals surface area (Å²) < 4.78 is 0. The largest absolute Gasteiger partial charge is 0.481 e. The van der Waals surface area contributed by atoms with Gasteiger partial charge in [0.2, 0.25) is 0 Å². The number of aromatic amines is 1. The molecule has 8 heteroatoms. The maximum atomic E-state index is 13.2. The monoisotopic (exact) mass is 417 g/mol. The fourth-order valence-corrected chi connectivity index (χ4v) is 5.32. The molecule has 4 rings (SSSR count). The zero-order valence-corrected chi connectivity index (χ0v) is 18.5. The van der Waals surface area contributed by atoms with Crippen LogP contribution in [-0.2, 0) is 10.2 Å². The SMILES string of the molecule is CCCN1C(=O)N2CCCCNC2c2[nH]c(C3(C)CCC(CC)(C(=O)O)CC3)nc21. The number of aliphatic carboxylic acids is 1. The van der Waals surface area contributed by atoms with E-state index in [-0.39, 0.29) is 17.6 Å². The minimum absolute atomic E-state index is 0.0338. The van der Waals surface area contributed by atoms with E-state index >= 15 is 0 Å². The number of aromatic nitrogens is 2. The predicted molar refractivity (Wildman–Crippen MR) is 114 cm³/mol. The number of carbonyl (C=O) groups excluding carboxylic acids is 1. The molecule has 1 atom stereocenters. The molecule has 0 bridgehead atoms. The van der Waals surface area contributed by atoms with Gasteiger partial charge in [-0.1, -0.05) is 20.8 Å². The van der Waals surface area contributed by atoms with Crippen LogP contribution in [0.15, 0.2) is 0 Å². The zero-order valence-electron chi connectivity index (χ0n) is 18.5. The molecule has 1 aliphatic carbocycles. The predicted octanol–water partition coefficient (Wildman–Crippen LogP) is 3.76. The van der Waals surface area contributed by atoms with E-state index in [0.717, 1.165) is 62.5 Å². The van der Waals surface area contributed by atoms with Gasteiger partial charge in [-0.2, -0.15) is 0 Å². The summed E-state index contributed by atoms with van der Waals surface area (Å²) in [7, 11) is 0. The van der Waals surface area contributed by atoms with Crippen molar-refractivity contribution in [1.29, 1.82) is 0 Å². The van der Waals surface area contributed by atoms with Crippen LogP contribution < -0.4 is 10.2 Å². The molecule has 1 unspecified atom stereocenters. The maximum absolute atomic E-state index is 13.2. The van der Waals surface area contributed by atoms with Crippen LogP contribution in [0.25, 0.3) is 0 Å². The van der Waals surface area contributed by atoms with E-state index in [2.05, 4.69) is 24.1 Å². The van der Waals surface area contributed by atoms with Crippen molar-refractivity contribution >= 4 is 17.8 Å². The molecule has 8 nitrogen and oxygen atoms in total. The average molecular weight is 418 g/mol. The van der Waals surface area contributed by atoms with Crippen LogP contribution in [0.3, 0.4) is 0 Å². The van der Waals surface area contributed by atoms with Crippen LogP contribution in [0.2, 0.25) is 0 Å². The Morgan fingerprint density at radius 3 is 2.60 bits per heavy atom. The van der Waals surface area contributed by atoms with Gasteiger partial charge < -0.3 is 15.0 Å². The molecular weight excluding hydrogens is 382 g/mol. The average Bonchev–Trinajstić information content (AvgIpc) is 3.04. The van der Waals surface area contributed by atoms with Gasteiger partial charge >= 0.3 is 12.0 Å². The summed E-state index contributed by atoms with van der Waals surface area (Å²) >= 11 is 0. The Labute approximate surface area is 178 Å². The van der Waals surface area contributed by atoms with E-state index in [1.54, 1.807) is 0 Å². The molecule has 2 aliphatic heterocycles. The number of fused-ring (bicyclic) bond motifs is 3. The second-order valence-corrected chi connectivity index (χ2v) is 9.51. The summed E-state index contributed by atoms with van der Waals surface area (Å²) in [5, 5.41) is 13.3. The van der Waals surface area contributed by atoms with Crippen LogP contribution in [-0.4, -0.2) is 51.6 Å². The number of hydrogen-bond acceptors (Lipinski definition) is 4. The Balaban J connectivity index is 1.68. The molecule has 1 saturated carbocycles. The molecule has 0 aromatic carbocycles. The number of carboxylic acids is 1. The van der Waals surface area contributed by atoms with Gasteiger partial charge in [0.1, 0.15) is 12.0 Å². The lowest BCUT2D eigenvalue weighted by molar-refractivity contribution is -0.152. The number of nitrogens with zero attached hydrogens (tertiary/aromatic N) is 3. The Morgan fingerprint density at radius 1 is 1.23 bits per heavy atom. The van der Waals surface area contributed by atoms with Crippen LogP contribution in [0.5, 0.6) is 0 Å². The first-order valence-electron chi connectivity index (χ1n) is 11.5. The van der Waals surface area contributed by atoms with Crippen molar-refractivity contribution in [3.8, 4) is 0 Å². The molecular formula is C22H35N5O3. The van der Waals surface area contributed by atoms with Gasteiger partial charge in [0.05, 0.1) is 11.1 Å². The first-order chi connectivity index (χ1) is 14.3. The molecule has 30 heavy (non-hydrogen) atoms. The molecule has 3 N–H and O–H groups in total. The number of amides is 2. The van der Waals surface area contributed by atoms with Gasteiger partial charge in [-0.25, -0.2) is 9.78 Å². The lowest BCUT2D eigenvalue weighted by Crippen LogP contribution is -2.53. The van der Waals surface area contributed by atoms with Crippen LogP contribution in [0.4, 0.5) is 10.6 Å².